The van der Waals surface area contributed by atoms with E-state index in [4.69, 9.17) is 0 Å². The van der Waals surface area contributed by atoms with Crippen molar-refractivity contribution in [2.45, 2.75) is 52.5 Å². The first kappa shape index (κ1) is 15.8. The van der Waals surface area contributed by atoms with Gasteiger partial charge >= 0.3 is 0 Å². The highest BCUT2D eigenvalue weighted by atomic mass is 16.3. The first-order valence-corrected chi connectivity index (χ1v) is 7.85. The molecule has 0 radical (unpaired) electrons. The monoisotopic (exact) mass is 290 g/mol. The van der Waals surface area contributed by atoms with Gasteiger partial charge in [-0.1, -0.05) is 18.9 Å². The number of nitrogens with zero attached hydrogens (tertiary/aromatic N) is 1. The normalized spacial score (nSPS) is 18.0. The second kappa shape index (κ2) is 6.94. The van der Waals surface area contributed by atoms with Crippen molar-refractivity contribution < 1.29 is 9.90 Å². The van der Waals surface area contributed by atoms with E-state index in [1.807, 2.05) is 32.9 Å². The molecule has 4 nitrogen and oxygen atoms in total. The lowest BCUT2D eigenvalue weighted by atomic mass is 10.1. The first-order chi connectivity index (χ1) is 10.0. The zero-order valence-corrected chi connectivity index (χ0v) is 13.3. The molecular weight excluding hydrogens is 264 g/mol. The molecule has 0 aromatic heterocycles. The van der Waals surface area contributed by atoms with Crippen molar-refractivity contribution in [3.8, 4) is 5.75 Å². The van der Waals surface area contributed by atoms with Crippen LogP contribution in [0.25, 0.3) is 0 Å². The highest BCUT2D eigenvalue weighted by Crippen LogP contribution is 2.28. The molecule has 0 saturated carbocycles. The molecule has 1 heterocycles. The molecule has 1 aliphatic heterocycles. The van der Waals surface area contributed by atoms with E-state index < -0.39 is 0 Å². The summed E-state index contributed by atoms with van der Waals surface area (Å²) in [5, 5.41) is 12.9. The smallest absolute Gasteiger partial charge is 0.241 e. The molecule has 2 N–H and O–H groups in total. The van der Waals surface area contributed by atoms with Crippen LogP contribution in [0.2, 0.25) is 0 Å². The van der Waals surface area contributed by atoms with Crippen LogP contribution < -0.4 is 5.32 Å². The Morgan fingerprint density at radius 3 is 2.43 bits per heavy atom. The van der Waals surface area contributed by atoms with Crippen LogP contribution in [-0.4, -0.2) is 35.0 Å². The number of aromatic hydroxyl groups is 1. The van der Waals surface area contributed by atoms with E-state index in [1.54, 1.807) is 0 Å². The van der Waals surface area contributed by atoms with Gasteiger partial charge in [0.25, 0.3) is 0 Å². The lowest BCUT2D eigenvalue weighted by molar-refractivity contribution is -0.120. The Morgan fingerprint density at radius 2 is 1.81 bits per heavy atom. The zero-order valence-electron chi connectivity index (χ0n) is 13.3. The summed E-state index contributed by atoms with van der Waals surface area (Å²) in [7, 11) is 0. The van der Waals surface area contributed by atoms with Crippen LogP contribution >= 0.6 is 0 Å². The highest BCUT2D eigenvalue weighted by molar-refractivity contribution is 5.95. The molecule has 0 bridgehead atoms. The molecule has 1 amide bonds. The van der Waals surface area contributed by atoms with Crippen LogP contribution in [0, 0.1) is 13.8 Å². The van der Waals surface area contributed by atoms with Crippen molar-refractivity contribution in [2.75, 3.05) is 18.4 Å². The third kappa shape index (κ3) is 3.76. The van der Waals surface area contributed by atoms with Crippen molar-refractivity contribution in [3.05, 3.63) is 23.3 Å². The number of likely N-dealkylation sites (tertiary alicyclic amines) is 1. The van der Waals surface area contributed by atoms with Gasteiger partial charge in [-0.15, -0.1) is 0 Å². The number of amides is 1. The van der Waals surface area contributed by atoms with E-state index in [2.05, 4.69) is 10.2 Å². The lowest BCUT2D eigenvalue weighted by Gasteiger charge is -2.26. The number of benzene rings is 1. The van der Waals surface area contributed by atoms with E-state index >= 15 is 0 Å². The molecule has 1 atom stereocenters. The number of anilines is 1. The quantitative estimate of drug-likeness (QED) is 0.898. The number of hydrogen-bond donors (Lipinski definition) is 2. The average molecular weight is 290 g/mol. The zero-order chi connectivity index (χ0) is 15.4. The number of phenolic OH excluding ortho intramolecular Hbond substituents is 1. The lowest BCUT2D eigenvalue weighted by Crippen LogP contribution is -2.42. The number of carbonyl (C=O) groups excluding carboxylic acids is 1. The summed E-state index contributed by atoms with van der Waals surface area (Å²) < 4.78 is 0. The number of aryl methyl sites for hydroxylation is 1. The van der Waals surface area contributed by atoms with E-state index in [9.17, 15) is 9.90 Å². The molecule has 0 aliphatic carbocycles. The first-order valence-electron chi connectivity index (χ1n) is 7.85. The van der Waals surface area contributed by atoms with Crippen LogP contribution in [-0.2, 0) is 4.79 Å². The Morgan fingerprint density at radius 1 is 1.19 bits per heavy atom. The Kier molecular flexibility index (Phi) is 5.23. The number of hydrogen-bond acceptors (Lipinski definition) is 3. The van der Waals surface area contributed by atoms with Crippen LogP contribution in [0.4, 0.5) is 5.69 Å². The molecule has 2 rings (SSSR count). The number of phenols is 1. The molecule has 1 unspecified atom stereocenters. The van der Waals surface area contributed by atoms with E-state index in [-0.39, 0.29) is 17.7 Å². The summed E-state index contributed by atoms with van der Waals surface area (Å²) in [6.45, 7) is 7.63. The third-order valence-corrected chi connectivity index (χ3v) is 4.46. The van der Waals surface area contributed by atoms with Gasteiger partial charge in [-0.25, -0.2) is 0 Å². The fourth-order valence-corrected chi connectivity index (χ4v) is 2.86. The molecule has 1 aromatic rings. The number of carbonyl (C=O) groups is 1. The SMILES string of the molecule is Cc1ccc(NC(=O)C(C)N2CCCCCC2)c(C)c1O. The Bertz CT molecular complexity index is 506. The molecule has 21 heavy (non-hydrogen) atoms. The fraction of sp³-hybridized carbons (Fsp3) is 0.588. The van der Waals surface area contributed by atoms with Crippen molar-refractivity contribution in [2.24, 2.45) is 0 Å². The molecule has 1 aromatic carbocycles. The third-order valence-electron chi connectivity index (χ3n) is 4.46. The van der Waals surface area contributed by atoms with Gasteiger partial charge in [-0.2, -0.15) is 0 Å². The maximum atomic E-state index is 12.4. The number of rotatable bonds is 3. The molecule has 1 saturated heterocycles. The van der Waals surface area contributed by atoms with E-state index in [1.165, 1.54) is 25.7 Å². The standard InChI is InChI=1S/C17H26N2O2/c1-12-8-9-15(13(2)16(12)20)18-17(21)14(3)19-10-6-4-5-7-11-19/h8-9,14,20H,4-7,10-11H2,1-3H3,(H,18,21). The molecule has 116 valence electrons. The van der Waals surface area contributed by atoms with Gasteiger partial charge in [0.05, 0.1) is 6.04 Å². The van der Waals surface area contributed by atoms with E-state index in [0.717, 1.165) is 24.2 Å². The van der Waals surface area contributed by atoms with Gasteiger partial charge in [0, 0.05) is 11.3 Å². The fourth-order valence-electron chi connectivity index (χ4n) is 2.86. The van der Waals surface area contributed by atoms with Gasteiger partial charge in [-0.05, 0) is 58.3 Å². The van der Waals surface area contributed by atoms with Gasteiger partial charge in [0.15, 0.2) is 0 Å². The topological polar surface area (TPSA) is 52.6 Å². The van der Waals surface area contributed by atoms with Crippen molar-refractivity contribution in [3.63, 3.8) is 0 Å². The molecule has 0 spiro atoms. The molecule has 4 heteroatoms. The van der Waals surface area contributed by atoms with Crippen molar-refractivity contribution in [1.82, 2.24) is 4.90 Å². The van der Waals surface area contributed by atoms with Crippen molar-refractivity contribution in [1.29, 1.82) is 0 Å². The second-order valence-corrected chi connectivity index (χ2v) is 6.02. The maximum Gasteiger partial charge on any atom is 0.241 e. The minimum atomic E-state index is -0.133. The summed E-state index contributed by atoms with van der Waals surface area (Å²) in [6.07, 6.45) is 4.86. The number of nitrogens with one attached hydrogen (secondary N) is 1. The molecule has 1 aliphatic rings. The summed E-state index contributed by atoms with van der Waals surface area (Å²) in [5.74, 6) is 0.262. The van der Waals surface area contributed by atoms with Gasteiger partial charge in [-0.3, -0.25) is 9.69 Å². The maximum absolute atomic E-state index is 12.4. The van der Waals surface area contributed by atoms with Crippen LogP contribution in [0.15, 0.2) is 12.1 Å². The minimum Gasteiger partial charge on any atom is -0.507 e. The predicted octanol–water partition coefficient (Wildman–Crippen LogP) is 3.21. The largest absolute Gasteiger partial charge is 0.507 e. The van der Waals surface area contributed by atoms with Gasteiger partial charge in [0.1, 0.15) is 5.75 Å². The highest BCUT2D eigenvalue weighted by Gasteiger charge is 2.22. The van der Waals surface area contributed by atoms with Gasteiger partial charge in [0.2, 0.25) is 5.91 Å². The van der Waals surface area contributed by atoms with Crippen LogP contribution in [0.5, 0.6) is 5.75 Å². The summed E-state index contributed by atoms with van der Waals surface area (Å²) >= 11 is 0. The van der Waals surface area contributed by atoms with Crippen LogP contribution in [0.1, 0.15) is 43.7 Å². The Balaban J connectivity index is 2.05. The Labute approximate surface area is 127 Å². The summed E-state index contributed by atoms with van der Waals surface area (Å²) in [6, 6.07) is 3.55. The van der Waals surface area contributed by atoms with Gasteiger partial charge < -0.3 is 10.4 Å². The predicted molar refractivity (Wildman–Crippen MR) is 85.7 cm³/mol. The second-order valence-electron chi connectivity index (χ2n) is 6.02. The Hall–Kier alpha value is -1.55. The minimum absolute atomic E-state index is 0.00301. The van der Waals surface area contributed by atoms with Crippen molar-refractivity contribution >= 4 is 11.6 Å². The average Bonchev–Trinajstić information content (AvgIpc) is 2.76. The van der Waals surface area contributed by atoms with Crippen LogP contribution in [0.3, 0.4) is 0 Å². The molecule has 1 fully saturated rings. The summed E-state index contributed by atoms with van der Waals surface area (Å²) in [4.78, 5) is 14.7. The molecular formula is C17H26N2O2. The van der Waals surface area contributed by atoms with E-state index in [0.29, 0.717) is 5.69 Å². The summed E-state index contributed by atoms with van der Waals surface area (Å²) in [5.41, 5.74) is 2.25.